The van der Waals surface area contributed by atoms with Crippen LogP contribution in [0.25, 0.3) is 0 Å². The highest BCUT2D eigenvalue weighted by atomic mass is 19.3. The Morgan fingerprint density at radius 2 is 2.18 bits per heavy atom. The van der Waals surface area contributed by atoms with Crippen molar-refractivity contribution in [1.82, 2.24) is 5.32 Å². The van der Waals surface area contributed by atoms with Crippen LogP contribution in [0.3, 0.4) is 0 Å². The molecule has 0 atom stereocenters. The zero-order valence-electron chi connectivity index (χ0n) is 8.52. The SMILES string of the molecule is Nc1cc(C(=O)NCC(F)F)ccc1[N+](=O)[O-]. The van der Waals surface area contributed by atoms with Crippen molar-refractivity contribution < 1.29 is 18.5 Å². The third-order valence-electron chi connectivity index (χ3n) is 1.90. The number of carbonyl (C=O) groups excluding carboxylic acids is 1. The second-order valence-corrected chi connectivity index (χ2v) is 3.13. The van der Waals surface area contributed by atoms with Crippen LogP contribution < -0.4 is 11.1 Å². The number of nitro groups is 1. The predicted molar refractivity (Wildman–Crippen MR) is 55.8 cm³/mol. The van der Waals surface area contributed by atoms with Gasteiger partial charge in [-0.1, -0.05) is 0 Å². The Morgan fingerprint density at radius 1 is 1.53 bits per heavy atom. The largest absolute Gasteiger partial charge is 0.393 e. The predicted octanol–water partition coefficient (Wildman–Crippen LogP) is 1.17. The topological polar surface area (TPSA) is 98.3 Å². The molecule has 17 heavy (non-hydrogen) atoms. The molecule has 0 radical (unpaired) electrons. The smallest absolute Gasteiger partial charge is 0.292 e. The van der Waals surface area contributed by atoms with Crippen LogP contribution in [-0.2, 0) is 0 Å². The average Bonchev–Trinajstić information content (AvgIpc) is 2.25. The molecule has 0 saturated heterocycles. The van der Waals surface area contributed by atoms with Crippen LogP contribution in [0.2, 0.25) is 0 Å². The fourth-order valence-electron chi connectivity index (χ4n) is 1.13. The monoisotopic (exact) mass is 245 g/mol. The maximum Gasteiger partial charge on any atom is 0.292 e. The van der Waals surface area contributed by atoms with Gasteiger partial charge in [0, 0.05) is 11.6 Å². The lowest BCUT2D eigenvalue weighted by Crippen LogP contribution is -2.28. The third kappa shape index (κ3) is 3.37. The quantitative estimate of drug-likeness (QED) is 0.472. The molecule has 0 fully saturated rings. The van der Waals surface area contributed by atoms with E-state index in [1.54, 1.807) is 0 Å². The highest BCUT2D eigenvalue weighted by Gasteiger charge is 2.15. The molecule has 1 aromatic carbocycles. The summed E-state index contributed by atoms with van der Waals surface area (Å²) < 4.78 is 23.7. The van der Waals surface area contributed by atoms with E-state index in [1.807, 2.05) is 5.32 Å². The minimum atomic E-state index is -2.66. The summed E-state index contributed by atoms with van der Waals surface area (Å²) >= 11 is 0. The van der Waals surface area contributed by atoms with Gasteiger partial charge in [0.1, 0.15) is 5.69 Å². The zero-order chi connectivity index (χ0) is 13.0. The lowest BCUT2D eigenvalue weighted by molar-refractivity contribution is -0.383. The molecule has 3 N–H and O–H groups in total. The number of halogens is 2. The van der Waals surface area contributed by atoms with Gasteiger partial charge in [-0.25, -0.2) is 8.78 Å². The molecule has 0 heterocycles. The number of amides is 1. The van der Waals surface area contributed by atoms with E-state index in [1.165, 1.54) is 0 Å². The summed E-state index contributed by atoms with van der Waals surface area (Å²) in [6.45, 7) is -0.782. The minimum Gasteiger partial charge on any atom is -0.393 e. The molecule has 0 bridgehead atoms. The first kappa shape index (κ1) is 12.8. The van der Waals surface area contributed by atoms with Crippen molar-refractivity contribution in [3.63, 3.8) is 0 Å². The molecule has 0 aromatic heterocycles. The van der Waals surface area contributed by atoms with Crippen molar-refractivity contribution in [3.05, 3.63) is 33.9 Å². The van der Waals surface area contributed by atoms with Gasteiger partial charge in [-0.3, -0.25) is 14.9 Å². The first-order chi connectivity index (χ1) is 7.91. The number of hydrogen-bond acceptors (Lipinski definition) is 4. The van der Waals surface area contributed by atoms with E-state index in [4.69, 9.17) is 5.73 Å². The molecule has 0 saturated carbocycles. The first-order valence-electron chi connectivity index (χ1n) is 4.52. The van der Waals surface area contributed by atoms with Crippen molar-refractivity contribution in [3.8, 4) is 0 Å². The molecule has 1 rings (SSSR count). The Hall–Kier alpha value is -2.25. The number of nitrogens with one attached hydrogen (secondary N) is 1. The number of rotatable bonds is 4. The van der Waals surface area contributed by atoms with Crippen LogP contribution in [-0.4, -0.2) is 23.8 Å². The Balaban J connectivity index is 2.83. The lowest BCUT2D eigenvalue weighted by Gasteiger charge is -2.05. The summed E-state index contributed by atoms with van der Waals surface area (Å²) in [7, 11) is 0. The number of nitro benzene ring substituents is 1. The number of nitrogen functional groups attached to an aromatic ring is 1. The van der Waals surface area contributed by atoms with Gasteiger partial charge in [-0.15, -0.1) is 0 Å². The van der Waals surface area contributed by atoms with Crippen molar-refractivity contribution in [2.24, 2.45) is 0 Å². The minimum absolute atomic E-state index is 0.00579. The molecular formula is C9H9F2N3O3. The Bertz CT molecular complexity index is 451. The maximum atomic E-state index is 11.8. The number of hydrogen-bond donors (Lipinski definition) is 2. The van der Waals surface area contributed by atoms with E-state index in [0.717, 1.165) is 18.2 Å². The van der Waals surface area contributed by atoms with Gasteiger partial charge in [-0.2, -0.15) is 0 Å². The highest BCUT2D eigenvalue weighted by molar-refractivity contribution is 5.95. The normalized spacial score (nSPS) is 10.3. The summed E-state index contributed by atoms with van der Waals surface area (Å²) in [5.41, 5.74) is 4.81. The van der Waals surface area contributed by atoms with Crippen LogP contribution in [0.4, 0.5) is 20.2 Å². The third-order valence-corrected chi connectivity index (χ3v) is 1.90. The molecule has 6 nitrogen and oxygen atoms in total. The van der Waals surface area contributed by atoms with E-state index in [2.05, 4.69) is 0 Å². The molecular weight excluding hydrogens is 236 g/mol. The van der Waals surface area contributed by atoms with E-state index in [9.17, 15) is 23.7 Å². The zero-order valence-corrected chi connectivity index (χ0v) is 8.52. The molecule has 0 aliphatic rings. The first-order valence-corrected chi connectivity index (χ1v) is 4.52. The standard InChI is InChI=1S/C9H9F2N3O3/c10-8(11)4-13-9(15)5-1-2-7(14(16)17)6(12)3-5/h1-3,8H,4,12H2,(H,13,15). The van der Waals surface area contributed by atoms with Crippen LogP contribution in [0.1, 0.15) is 10.4 Å². The van der Waals surface area contributed by atoms with E-state index >= 15 is 0 Å². The number of nitrogens with two attached hydrogens (primary N) is 1. The van der Waals surface area contributed by atoms with E-state index in [-0.39, 0.29) is 16.9 Å². The molecule has 1 amide bonds. The lowest BCUT2D eigenvalue weighted by atomic mass is 10.1. The van der Waals surface area contributed by atoms with Crippen molar-refractivity contribution >= 4 is 17.3 Å². The second kappa shape index (κ2) is 5.19. The van der Waals surface area contributed by atoms with Crippen LogP contribution in [0.5, 0.6) is 0 Å². The Morgan fingerprint density at radius 3 is 2.65 bits per heavy atom. The Kier molecular flexibility index (Phi) is 3.91. The Labute approximate surface area is 94.6 Å². The average molecular weight is 245 g/mol. The van der Waals surface area contributed by atoms with Crippen LogP contribution in [0, 0.1) is 10.1 Å². The number of nitrogens with zero attached hydrogens (tertiary/aromatic N) is 1. The van der Waals surface area contributed by atoms with Crippen LogP contribution in [0.15, 0.2) is 18.2 Å². The maximum absolute atomic E-state index is 11.8. The van der Waals surface area contributed by atoms with Crippen molar-refractivity contribution in [1.29, 1.82) is 0 Å². The van der Waals surface area contributed by atoms with Crippen molar-refractivity contribution in [2.45, 2.75) is 6.43 Å². The summed E-state index contributed by atoms with van der Waals surface area (Å²) in [5.74, 6) is -0.758. The van der Waals surface area contributed by atoms with E-state index in [0.29, 0.717) is 0 Å². The number of benzene rings is 1. The van der Waals surface area contributed by atoms with Gasteiger partial charge in [0.25, 0.3) is 18.0 Å². The number of carbonyl (C=O) groups is 1. The van der Waals surface area contributed by atoms with Gasteiger partial charge in [-0.05, 0) is 12.1 Å². The van der Waals surface area contributed by atoms with Crippen LogP contribution >= 0.6 is 0 Å². The van der Waals surface area contributed by atoms with Crippen molar-refractivity contribution in [2.75, 3.05) is 12.3 Å². The summed E-state index contributed by atoms with van der Waals surface area (Å²) in [5, 5.41) is 12.4. The fraction of sp³-hybridized carbons (Fsp3) is 0.222. The molecule has 92 valence electrons. The van der Waals surface area contributed by atoms with E-state index < -0.39 is 23.8 Å². The van der Waals surface area contributed by atoms with Gasteiger partial charge in [0.05, 0.1) is 11.5 Å². The van der Waals surface area contributed by atoms with Gasteiger partial charge in [0.15, 0.2) is 0 Å². The summed E-state index contributed by atoms with van der Waals surface area (Å²) in [4.78, 5) is 21.1. The molecule has 0 aliphatic heterocycles. The second-order valence-electron chi connectivity index (χ2n) is 3.13. The van der Waals surface area contributed by atoms with Gasteiger partial charge in [0.2, 0.25) is 0 Å². The molecule has 0 spiro atoms. The molecule has 0 aliphatic carbocycles. The van der Waals surface area contributed by atoms with Gasteiger partial charge < -0.3 is 11.1 Å². The number of alkyl halides is 2. The molecule has 1 aromatic rings. The highest BCUT2D eigenvalue weighted by Crippen LogP contribution is 2.21. The molecule has 0 unspecified atom stereocenters. The fourth-order valence-corrected chi connectivity index (χ4v) is 1.13. The van der Waals surface area contributed by atoms with Gasteiger partial charge >= 0.3 is 0 Å². The summed E-state index contributed by atoms with van der Waals surface area (Å²) in [6.07, 6.45) is -2.66. The number of anilines is 1. The summed E-state index contributed by atoms with van der Waals surface area (Å²) in [6, 6.07) is 3.26. The molecule has 8 heteroatoms.